The average molecular weight is 152 g/mol. The van der Waals surface area contributed by atoms with Crippen molar-refractivity contribution in [3.8, 4) is 0 Å². The van der Waals surface area contributed by atoms with E-state index in [4.69, 9.17) is 0 Å². The summed E-state index contributed by atoms with van der Waals surface area (Å²) in [4.78, 5) is 0. The Bertz CT molecular complexity index is 179. The smallest absolute Gasteiger partial charge is 0.0784 e. The van der Waals surface area contributed by atoms with Gasteiger partial charge in [0.15, 0.2) is 0 Å². The average Bonchev–Trinajstić information content (AvgIpc) is 1.98. The molecular formula is C10H16O. The van der Waals surface area contributed by atoms with Crippen LogP contribution in [-0.2, 0) is 0 Å². The summed E-state index contributed by atoms with van der Waals surface area (Å²) in [6, 6.07) is 0. The Morgan fingerprint density at radius 3 is 2.82 bits per heavy atom. The number of hydrogen-bond donors (Lipinski definition) is 1. The van der Waals surface area contributed by atoms with Gasteiger partial charge in [-0.1, -0.05) is 44.1 Å². The fourth-order valence-corrected chi connectivity index (χ4v) is 1.34. The lowest BCUT2D eigenvalue weighted by Crippen LogP contribution is -2.15. The highest BCUT2D eigenvalue weighted by atomic mass is 16.3. The summed E-state index contributed by atoms with van der Waals surface area (Å²) in [5.41, 5.74) is 1.37. The maximum atomic E-state index is 9.33. The first-order valence-electron chi connectivity index (χ1n) is 4.31. The third kappa shape index (κ3) is 2.19. The molecule has 0 bridgehead atoms. The van der Waals surface area contributed by atoms with Crippen molar-refractivity contribution in [3.05, 3.63) is 23.8 Å². The molecule has 0 fully saturated rings. The van der Waals surface area contributed by atoms with Gasteiger partial charge in [-0.2, -0.15) is 0 Å². The molecule has 62 valence electrons. The van der Waals surface area contributed by atoms with Gasteiger partial charge >= 0.3 is 0 Å². The van der Waals surface area contributed by atoms with Gasteiger partial charge in [0, 0.05) is 5.92 Å². The fraction of sp³-hybridized carbons (Fsp3) is 0.600. The molecule has 2 atom stereocenters. The highest BCUT2D eigenvalue weighted by Gasteiger charge is 2.12. The van der Waals surface area contributed by atoms with Gasteiger partial charge < -0.3 is 5.11 Å². The van der Waals surface area contributed by atoms with E-state index >= 15 is 0 Å². The molecule has 0 amide bonds. The molecule has 1 nitrogen and oxygen atoms in total. The lowest BCUT2D eigenvalue weighted by atomic mass is 9.93. The third-order valence-electron chi connectivity index (χ3n) is 2.06. The van der Waals surface area contributed by atoms with E-state index < -0.39 is 0 Å². The second-order valence-corrected chi connectivity index (χ2v) is 3.20. The summed E-state index contributed by atoms with van der Waals surface area (Å²) in [6.07, 6.45) is 8.13. The number of rotatable bonds is 2. The maximum Gasteiger partial charge on any atom is 0.0784 e. The van der Waals surface area contributed by atoms with Gasteiger partial charge in [0.05, 0.1) is 6.10 Å². The molecule has 11 heavy (non-hydrogen) atoms. The molecule has 0 saturated carbocycles. The lowest BCUT2D eigenvalue weighted by Gasteiger charge is -2.17. The third-order valence-corrected chi connectivity index (χ3v) is 2.06. The van der Waals surface area contributed by atoms with Crippen LogP contribution < -0.4 is 0 Å². The van der Waals surface area contributed by atoms with Crippen molar-refractivity contribution in [3.63, 3.8) is 0 Å². The number of aliphatic hydroxyl groups excluding tert-OH is 1. The predicted molar refractivity (Wildman–Crippen MR) is 47.3 cm³/mol. The van der Waals surface area contributed by atoms with E-state index in [1.165, 1.54) is 12.0 Å². The second kappa shape index (κ2) is 3.72. The summed E-state index contributed by atoms with van der Waals surface area (Å²) in [6.45, 7) is 4.22. The molecule has 0 radical (unpaired) electrons. The quantitative estimate of drug-likeness (QED) is 0.643. The molecule has 1 rings (SSSR count). The van der Waals surface area contributed by atoms with Gasteiger partial charge in [0.1, 0.15) is 0 Å². The Labute approximate surface area is 68.4 Å². The predicted octanol–water partition coefficient (Wildman–Crippen LogP) is 2.28. The van der Waals surface area contributed by atoms with E-state index in [1.807, 2.05) is 19.1 Å². The van der Waals surface area contributed by atoms with Crippen LogP contribution in [0.3, 0.4) is 0 Å². The Hall–Kier alpha value is -0.560. The summed E-state index contributed by atoms with van der Waals surface area (Å²) in [5.74, 6) is 0.293. The summed E-state index contributed by atoms with van der Waals surface area (Å²) in [5, 5.41) is 9.33. The topological polar surface area (TPSA) is 20.2 Å². The molecule has 0 saturated heterocycles. The van der Waals surface area contributed by atoms with Crippen molar-refractivity contribution < 1.29 is 5.11 Å². The van der Waals surface area contributed by atoms with Gasteiger partial charge in [0.2, 0.25) is 0 Å². The van der Waals surface area contributed by atoms with Crippen LogP contribution in [0.2, 0.25) is 0 Å². The van der Waals surface area contributed by atoms with E-state index in [-0.39, 0.29) is 6.10 Å². The van der Waals surface area contributed by atoms with Crippen molar-refractivity contribution in [2.75, 3.05) is 0 Å². The molecular weight excluding hydrogens is 136 g/mol. The maximum absolute atomic E-state index is 9.33. The van der Waals surface area contributed by atoms with Crippen molar-refractivity contribution in [1.82, 2.24) is 0 Å². The molecule has 0 heterocycles. The molecule has 1 heteroatoms. The van der Waals surface area contributed by atoms with E-state index in [0.29, 0.717) is 5.92 Å². The van der Waals surface area contributed by atoms with Crippen LogP contribution in [0.25, 0.3) is 0 Å². The van der Waals surface area contributed by atoms with Crippen LogP contribution in [0.4, 0.5) is 0 Å². The van der Waals surface area contributed by atoms with E-state index in [1.54, 1.807) is 0 Å². The van der Waals surface area contributed by atoms with Crippen LogP contribution in [0.15, 0.2) is 23.8 Å². The zero-order valence-corrected chi connectivity index (χ0v) is 7.25. The molecule has 0 aliphatic heterocycles. The number of aliphatic hydroxyl groups is 1. The molecule has 0 aromatic rings. The van der Waals surface area contributed by atoms with Crippen LogP contribution in [0, 0.1) is 5.92 Å². The first-order chi connectivity index (χ1) is 5.24. The molecule has 0 spiro atoms. The van der Waals surface area contributed by atoms with Gasteiger partial charge in [0.25, 0.3) is 0 Å². The monoisotopic (exact) mass is 152 g/mol. The van der Waals surface area contributed by atoms with Gasteiger partial charge in [-0.05, 0) is 6.42 Å². The Morgan fingerprint density at radius 2 is 2.27 bits per heavy atom. The van der Waals surface area contributed by atoms with Crippen molar-refractivity contribution in [2.45, 2.75) is 32.8 Å². The van der Waals surface area contributed by atoms with Gasteiger partial charge in [-0.25, -0.2) is 0 Å². The Balaban J connectivity index is 2.57. The standard InChI is InChI=1S/C10H16O/c1-3-4-9-5-6-10(11)8(2)7-9/h5-8,10-11H,3-4H2,1-2H3. The number of allylic oxidation sites excluding steroid dienone is 2. The molecule has 1 aliphatic rings. The SMILES string of the molecule is CCCC1=CC(C)C(O)C=C1. The molecule has 1 N–H and O–H groups in total. The van der Waals surface area contributed by atoms with Crippen LogP contribution in [0.5, 0.6) is 0 Å². The summed E-state index contributed by atoms with van der Waals surface area (Å²) < 4.78 is 0. The minimum atomic E-state index is -0.268. The zero-order valence-electron chi connectivity index (χ0n) is 7.25. The minimum absolute atomic E-state index is 0.268. The first-order valence-corrected chi connectivity index (χ1v) is 4.31. The summed E-state index contributed by atoms with van der Waals surface area (Å²) in [7, 11) is 0. The van der Waals surface area contributed by atoms with Crippen molar-refractivity contribution >= 4 is 0 Å². The summed E-state index contributed by atoms with van der Waals surface area (Å²) >= 11 is 0. The van der Waals surface area contributed by atoms with E-state index in [2.05, 4.69) is 13.0 Å². The highest BCUT2D eigenvalue weighted by Crippen LogP contribution is 2.19. The molecule has 0 aromatic heterocycles. The normalized spacial score (nSPS) is 30.3. The minimum Gasteiger partial charge on any atom is -0.388 e. The van der Waals surface area contributed by atoms with Crippen LogP contribution >= 0.6 is 0 Å². The lowest BCUT2D eigenvalue weighted by molar-refractivity contribution is 0.183. The first kappa shape index (κ1) is 8.54. The fourth-order valence-electron chi connectivity index (χ4n) is 1.34. The van der Waals surface area contributed by atoms with Crippen molar-refractivity contribution in [1.29, 1.82) is 0 Å². The number of hydrogen-bond acceptors (Lipinski definition) is 1. The van der Waals surface area contributed by atoms with Gasteiger partial charge in [-0.15, -0.1) is 0 Å². The highest BCUT2D eigenvalue weighted by molar-refractivity contribution is 5.25. The molecule has 0 aromatic carbocycles. The zero-order chi connectivity index (χ0) is 8.27. The second-order valence-electron chi connectivity index (χ2n) is 3.20. The molecule has 1 aliphatic carbocycles. The van der Waals surface area contributed by atoms with E-state index in [9.17, 15) is 5.11 Å². The molecule has 2 unspecified atom stereocenters. The Kier molecular flexibility index (Phi) is 2.89. The largest absolute Gasteiger partial charge is 0.388 e. The Morgan fingerprint density at radius 1 is 1.55 bits per heavy atom. The van der Waals surface area contributed by atoms with Gasteiger partial charge in [-0.3, -0.25) is 0 Å². The van der Waals surface area contributed by atoms with E-state index in [0.717, 1.165) is 6.42 Å². The van der Waals surface area contributed by atoms with Crippen molar-refractivity contribution in [2.24, 2.45) is 5.92 Å². The van der Waals surface area contributed by atoms with Crippen LogP contribution in [0.1, 0.15) is 26.7 Å². The van der Waals surface area contributed by atoms with Crippen LogP contribution in [-0.4, -0.2) is 11.2 Å².